The highest BCUT2D eigenvalue weighted by Crippen LogP contribution is 2.19. The van der Waals surface area contributed by atoms with Crippen LogP contribution in [0.2, 0.25) is 5.02 Å². The van der Waals surface area contributed by atoms with E-state index in [1.54, 1.807) is 0 Å². The zero-order valence-corrected chi connectivity index (χ0v) is 12.9. The fourth-order valence-electron chi connectivity index (χ4n) is 2.27. The van der Waals surface area contributed by atoms with Crippen molar-refractivity contribution in [3.05, 3.63) is 59.3 Å². The van der Waals surface area contributed by atoms with E-state index in [9.17, 15) is 9.18 Å². The molecular formula is C16H14ClFN4O. The summed E-state index contributed by atoms with van der Waals surface area (Å²) >= 11 is 5.68. The largest absolute Gasteiger partial charge is 0.326 e. The molecule has 0 aliphatic rings. The van der Waals surface area contributed by atoms with Gasteiger partial charge in [-0.2, -0.15) is 0 Å². The average Bonchev–Trinajstić information content (AvgIpc) is 2.94. The summed E-state index contributed by atoms with van der Waals surface area (Å²) in [5.41, 5.74) is 1.27. The Balaban J connectivity index is 1.54. The van der Waals surface area contributed by atoms with Crippen LogP contribution in [0.1, 0.15) is 18.7 Å². The Hall–Kier alpha value is -2.47. The number of amides is 1. The smallest absolute Gasteiger partial charge is 0.224 e. The Morgan fingerprint density at radius 3 is 2.96 bits per heavy atom. The summed E-state index contributed by atoms with van der Waals surface area (Å²) in [7, 11) is 0. The molecular weight excluding hydrogens is 319 g/mol. The van der Waals surface area contributed by atoms with Crippen molar-refractivity contribution in [2.45, 2.75) is 19.3 Å². The van der Waals surface area contributed by atoms with E-state index >= 15 is 0 Å². The number of hydrogen-bond acceptors (Lipinski definition) is 3. The number of pyridine rings is 1. The van der Waals surface area contributed by atoms with Gasteiger partial charge < -0.3 is 5.32 Å². The molecule has 3 aromatic rings. The summed E-state index contributed by atoms with van der Waals surface area (Å²) < 4.78 is 15.0. The Kier molecular flexibility index (Phi) is 4.52. The number of aromatic nitrogens is 3. The quantitative estimate of drug-likeness (QED) is 0.778. The minimum Gasteiger partial charge on any atom is -0.326 e. The number of carbonyl (C=O) groups is 1. The van der Waals surface area contributed by atoms with Crippen molar-refractivity contribution < 1.29 is 9.18 Å². The summed E-state index contributed by atoms with van der Waals surface area (Å²) in [6, 6.07) is 9.77. The van der Waals surface area contributed by atoms with Crippen molar-refractivity contribution in [1.29, 1.82) is 0 Å². The van der Waals surface area contributed by atoms with Crippen LogP contribution in [0, 0.1) is 5.82 Å². The summed E-state index contributed by atoms with van der Waals surface area (Å²) in [4.78, 5) is 11.9. The van der Waals surface area contributed by atoms with Gasteiger partial charge in [0, 0.05) is 24.7 Å². The highest BCUT2D eigenvalue weighted by atomic mass is 35.5. The molecule has 0 bridgehead atoms. The number of fused-ring (bicyclic) bond motifs is 1. The molecule has 1 aromatic carbocycles. The Morgan fingerprint density at radius 1 is 1.26 bits per heavy atom. The van der Waals surface area contributed by atoms with Gasteiger partial charge in [0.25, 0.3) is 0 Å². The van der Waals surface area contributed by atoms with Gasteiger partial charge in [0.2, 0.25) is 5.91 Å². The zero-order chi connectivity index (χ0) is 16.2. The average molecular weight is 333 g/mol. The summed E-state index contributed by atoms with van der Waals surface area (Å²) in [6.45, 7) is 0. The minimum absolute atomic E-state index is 0.0160. The predicted molar refractivity (Wildman–Crippen MR) is 86.0 cm³/mol. The van der Waals surface area contributed by atoms with Crippen LogP contribution < -0.4 is 5.32 Å². The molecule has 0 aliphatic heterocycles. The van der Waals surface area contributed by atoms with E-state index in [2.05, 4.69) is 15.5 Å². The number of anilines is 1. The molecule has 2 aromatic heterocycles. The van der Waals surface area contributed by atoms with Gasteiger partial charge in [-0.3, -0.25) is 9.20 Å². The molecule has 0 spiro atoms. The Bertz CT molecular complexity index is 849. The van der Waals surface area contributed by atoms with Crippen molar-refractivity contribution in [1.82, 2.24) is 14.6 Å². The lowest BCUT2D eigenvalue weighted by Gasteiger charge is -2.06. The van der Waals surface area contributed by atoms with Gasteiger partial charge in [-0.05, 0) is 36.8 Å². The van der Waals surface area contributed by atoms with Crippen LogP contribution in [0.4, 0.5) is 10.1 Å². The zero-order valence-electron chi connectivity index (χ0n) is 12.2. The van der Waals surface area contributed by atoms with E-state index in [0.29, 0.717) is 24.9 Å². The van der Waals surface area contributed by atoms with Crippen molar-refractivity contribution in [3.8, 4) is 0 Å². The third-order valence-electron chi connectivity index (χ3n) is 3.39. The molecule has 1 amide bonds. The van der Waals surface area contributed by atoms with Gasteiger partial charge in [0.05, 0.1) is 5.02 Å². The van der Waals surface area contributed by atoms with E-state index in [0.717, 1.165) is 11.5 Å². The second-order valence-corrected chi connectivity index (χ2v) is 5.48. The maximum absolute atomic E-state index is 13.1. The van der Waals surface area contributed by atoms with Crippen LogP contribution in [-0.2, 0) is 11.2 Å². The first-order valence-corrected chi connectivity index (χ1v) is 7.55. The lowest BCUT2D eigenvalue weighted by atomic mass is 10.2. The molecule has 3 rings (SSSR count). The lowest BCUT2D eigenvalue weighted by molar-refractivity contribution is -0.116. The van der Waals surface area contributed by atoms with Crippen molar-refractivity contribution in [3.63, 3.8) is 0 Å². The molecule has 0 saturated carbocycles. The predicted octanol–water partition coefficient (Wildman–Crippen LogP) is 3.48. The molecule has 118 valence electrons. The number of halogens is 2. The molecule has 0 fully saturated rings. The van der Waals surface area contributed by atoms with Crippen LogP contribution in [-0.4, -0.2) is 20.5 Å². The molecule has 0 aliphatic carbocycles. The maximum Gasteiger partial charge on any atom is 0.224 e. The molecule has 2 heterocycles. The van der Waals surface area contributed by atoms with E-state index < -0.39 is 5.82 Å². The molecule has 0 saturated heterocycles. The minimum atomic E-state index is -0.511. The molecule has 0 atom stereocenters. The topological polar surface area (TPSA) is 59.3 Å². The van der Waals surface area contributed by atoms with Crippen LogP contribution in [0.5, 0.6) is 0 Å². The summed E-state index contributed by atoms with van der Waals surface area (Å²) in [5, 5.41) is 10.9. The molecule has 1 N–H and O–H groups in total. The van der Waals surface area contributed by atoms with E-state index in [1.165, 1.54) is 18.2 Å². The third-order valence-corrected chi connectivity index (χ3v) is 3.68. The highest BCUT2D eigenvalue weighted by molar-refractivity contribution is 6.31. The first-order valence-electron chi connectivity index (χ1n) is 7.17. The van der Waals surface area contributed by atoms with Crippen molar-refractivity contribution in [2.75, 3.05) is 5.32 Å². The van der Waals surface area contributed by atoms with Crippen molar-refractivity contribution >= 4 is 28.8 Å². The SMILES string of the molecule is O=C(CCCc1nnc2ccccn12)Nc1ccc(F)c(Cl)c1. The van der Waals surface area contributed by atoms with Crippen LogP contribution in [0.15, 0.2) is 42.6 Å². The number of aryl methyl sites for hydroxylation is 1. The van der Waals surface area contributed by atoms with Gasteiger partial charge in [-0.15, -0.1) is 10.2 Å². The van der Waals surface area contributed by atoms with Crippen LogP contribution in [0.25, 0.3) is 5.65 Å². The number of rotatable bonds is 5. The summed E-state index contributed by atoms with van der Waals surface area (Å²) in [5.74, 6) is 0.156. The molecule has 0 radical (unpaired) electrons. The van der Waals surface area contributed by atoms with Gasteiger partial charge in [0.15, 0.2) is 5.65 Å². The van der Waals surface area contributed by atoms with Gasteiger partial charge in [0.1, 0.15) is 11.6 Å². The Labute approximate surface area is 137 Å². The van der Waals surface area contributed by atoms with Gasteiger partial charge >= 0.3 is 0 Å². The van der Waals surface area contributed by atoms with E-state index in [4.69, 9.17) is 11.6 Å². The normalized spacial score (nSPS) is 10.9. The number of nitrogens with one attached hydrogen (secondary N) is 1. The molecule has 7 heteroatoms. The van der Waals surface area contributed by atoms with E-state index in [-0.39, 0.29) is 10.9 Å². The second kappa shape index (κ2) is 6.75. The molecule has 23 heavy (non-hydrogen) atoms. The molecule has 5 nitrogen and oxygen atoms in total. The van der Waals surface area contributed by atoms with Crippen LogP contribution in [0.3, 0.4) is 0 Å². The number of carbonyl (C=O) groups excluding carboxylic acids is 1. The number of benzene rings is 1. The Morgan fingerprint density at radius 2 is 2.13 bits per heavy atom. The number of nitrogens with zero attached hydrogens (tertiary/aromatic N) is 3. The lowest BCUT2D eigenvalue weighted by Crippen LogP contribution is -2.12. The second-order valence-electron chi connectivity index (χ2n) is 5.08. The van der Waals surface area contributed by atoms with E-state index in [1.807, 2.05) is 28.8 Å². The number of hydrogen-bond donors (Lipinski definition) is 1. The summed E-state index contributed by atoms with van der Waals surface area (Å²) in [6.07, 6.45) is 3.50. The van der Waals surface area contributed by atoms with Crippen molar-refractivity contribution in [2.24, 2.45) is 0 Å². The first-order chi connectivity index (χ1) is 11.1. The van der Waals surface area contributed by atoms with Crippen LogP contribution >= 0.6 is 11.6 Å². The standard InChI is InChI=1S/C16H14ClFN4O/c17-12-10-11(7-8-13(12)18)19-16(23)6-3-5-15-21-20-14-4-1-2-9-22(14)15/h1-2,4,7-10H,3,5-6H2,(H,19,23). The molecule has 0 unspecified atom stereocenters. The van der Waals surface area contributed by atoms with Gasteiger partial charge in [-0.25, -0.2) is 4.39 Å². The first kappa shape index (κ1) is 15.4. The highest BCUT2D eigenvalue weighted by Gasteiger charge is 2.08. The van der Waals surface area contributed by atoms with Gasteiger partial charge in [-0.1, -0.05) is 17.7 Å². The monoisotopic (exact) mass is 332 g/mol. The fourth-order valence-corrected chi connectivity index (χ4v) is 2.45. The fraction of sp³-hybridized carbons (Fsp3) is 0.188. The maximum atomic E-state index is 13.1. The third kappa shape index (κ3) is 3.65.